The average molecular weight is 228 g/mol. The Morgan fingerprint density at radius 3 is 2.71 bits per heavy atom. The number of nitrogens with zero attached hydrogens (tertiary/aromatic N) is 2. The molecule has 1 aromatic carbocycles. The van der Waals surface area contributed by atoms with Gasteiger partial charge in [0.2, 0.25) is 0 Å². The zero-order valence-corrected chi connectivity index (χ0v) is 10.3. The normalized spacial score (nSPS) is 19.4. The van der Waals surface area contributed by atoms with Crippen molar-refractivity contribution in [2.75, 3.05) is 25.6 Å². The quantitative estimate of drug-likeness (QED) is 0.606. The predicted octanol–water partition coefficient (Wildman–Crippen LogP) is 1.08. The summed E-state index contributed by atoms with van der Waals surface area (Å²) in [5.41, 5.74) is 2.25. The molecule has 0 saturated carbocycles. The van der Waals surface area contributed by atoms with Crippen molar-refractivity contribution in [1.82, 2.24) is 0 Å². The maximum Gasteiger partial charge on any atom is 0.101 e. The second-order valence-corrected chi connectivity index (χ2v) is 4.19. The fourth-order valence-corrected chi connectivity index (χ4v) is 1.61. The minimum atomic E-state index is 1.02. The zero-order chi connectivity index (χ0) is 12.1. The van der Waals surface area contributed by atoms with Gasteiger partial charge in [-0.05, 0) is 18.2 Å². The van der Waals surface area contributed by atoms with E-state index in [9.17, 15) is 0 Å². The number of rotatable bonds is 3. The number of allylic oxidation sites excluding steroid dienone is 2. The van der Waals surface area contributed by atoms with E-state index in [-0.39, 0.29) is 0 Å². The summed E-state index contributed by atoms with van der Waals surface area (Å²) in [5, 5.41) is 6.30. The molecule has 1 aromatic rings. The fraction of sp³-hybridized carbons (Fsp3) is 0.214. The molecule has 1 aliphatic rings. The monoisotopic (exact) mass is 228 g/mol. The first kappa shape index (κ1) is 11.6. The highest BCUT2D eigenvalue weighted by molar-refractivity contribution is 5.83. The third kappa shape index (κ3) is 3.29. The molecule has 1 aliphatic heterocycles. The Hall–Kier alpha value is -1.87. The standard InChI is InChI=1S/C14H17N3/c1-16-10-8-13(9-11-16)12-15-17(2)14-6-4-3-5-7-14/h3-10,12H,11H2,1-2H3/p+1. The molecule has 0 spiro atoms. The molecule has 1 unspecified atom stereocenters. The zero-order valence-electron chi connectivity index (χ0n) is 10.3. The first-order chi connectivity index (χ1) is 8.25. The van der Waals surface area contributed by atoms with Crippen molar-refractivity contribution >= 4 is 11.9 Å². The summed E-state index contributed by atoms with van der Waals surface area (Å²) in [4.78, 5) is 1.39. The van der Waals surface area contributed by atoms with Gasteiger partial charge in [-0.1, -0.05) is 18.2 Å². The van der Waals surface area contributed by atoms with E-state index in [0.717, 1.165) is 12.2 Å². The van der Waals surface area contributed by atoms with Crippen molar-refractivity contribution in [2.45, 2.75) is 0 Å². The Morgan fingerprint density at radius 1 is 1.29 bits per heavy atom. The largest absolute Gasteiger partial charge is 0.308 e. The van der Waals surface area contributed by atoms with Gasteiger partial charge in [-0.2, -0.15) is 5.10 Å². The van der Waals surface area contributed by atoms with Crippen molar-refractivity contribution in [1.29, 1.82) is 0 Å². The van der Waals surface area contributed by atoms with Gasteiger partial charge in [-0.15, -0.1) is 0 Å². The maximum atomic E-state index is 4.42. The molecule has 0 amide bonds. The highest BCUT2D eigenvalue weighted by Gasteiger charge is 2.02. The van der Waals surface area contributed by atoms with Gasteiger partial charge >= 0.3 is 0 Å². The lowest BCUT2D eigenvalue weighted by atomic mass is 10.2. The van der Waals surface area contributed by atoms with E-state index < -0.39 is 0 Å². The minimum absolute atomic E-state index is 1.02. The average Bonchev–Trinajstić information content (AvgIpc) is 2.39. The van der Waals surface area contributed by atoms with Crippen LogP contribution in [0.2, 0.25) is 0 Å². The fourth-order valence-electron chi connectivity index (χ4n) is 1.61. The van der Waals surface area contributed by atoms with Crippen LogP contribution in [0.5, 0.6) is 0 Å². The topological polar surface area (TPSA) is 20.0 Å². The summed E-state index contributed by atoms with van der Waals surface area (Å²) >= 11 is 0. The lowest BCUT2D eigenvalue weighted by molar-refractivity contribution is -0.818. The van der Waals surface area contributed by atoms with Gasteiger partial charge in [0.05, 0.1) is 25.1 Å². The minimum Gasteiger partial charge on any atom is -0.308 e. The van der Waals surface area contributed by atoms with Crippen LogP contribution >= 0.6 is 0 Å². The van der Waals surface area contributed by atoms with Gasteiger partial charge in [0.15, 0.2) is 0 Å². The molecule has 0 aromatic heterocycles. The molecule has 1 atom stereocenters. The molecule has 2 rings (SSSR count). The molecule has 3 heteroatoms. The summed E-state index contributed by atoms with van der Waals surface area (Å²) in [5.74, 6) is 0. The lowest BCUT2D eigenvalue weighted by Crippen LogP contribution is -3.04. The molecular weight excluding hydrogens is 210 g/mol. The van der Waals surface area contributed by atoms with E-state index >= 15 is 0 Å². The van der Waals surface area contributed by atoms with Gasteiger partial charge < -0.3 is 4.90 Å². The SMILES string of the molecule is CN(N=CC1=CC[NH+](C)C=C1)c1ccccc1. The van der Waals surface area contributed by atoms with Crippen molar-refractivity contribution in [3.63, 3.8) is 0 Å². The van der Waals surface area contributed by atoms with Gasteiger partial charge in [-0.3, -0.25) is 5.01 Å². The number of benzene rings is 1. The molecule has 0 fully saturated rings. The van der Waals surface area contributed by atoms with Crippen LogP contribution in [0.25, 0.3) is 0 Å². The molecule has 0 radical (unpaired) electrons. The van der Waals surface area contributed by atoms with Crippen LogP contribution in [-0.4, -0.2) is 26.9 Å². The number of anilines is 1. The van der Waals surface area contributed by atoms with E-state index in [1.165, 1.54) is 10.5 Å². The molecule has 3 nitrogen and oxygen atoms in total. The third-order valence-corrected chi connectivity index (χ3v) is 2.73. The van der Waals surface area contributed by atoms with E-state index in [2.05, 4.69) is 30.5 Å². The van der Waals surface area contributed by atoms with Crippen LogP contribution < -0.4 is 9.91 Å². The number of likely N-dealkylation sites (N-methyl/N-ethyl adjacent to an activating group) is 1. The first-order valence-corrected chi connectivity index (χ1v) is 5.79. The maximum absolute atomic E-state index is 4.42. The number of para-hydroxylation sites is 1. The Balaban J connectivity index is 2.00. The third-order valence-electron chi connectivity index (χ3n) is 2.73. The van der Waals surface area contributed by atoms with Crippen molar-refractivity contribution in [3.05, 3.63) is 54.3 Å². The number of hydrogen-bond donors (Lipinski definition) is 1. The van der Waals surface area contributed by atoms with Gasteiger partial charge in [-0.25, -0.2) is 0 Å². The molecule has 88 valence electrons. The number of hydrogen-bond acceptors (Lipinski definition) is 2. The molecule has 0 aliphatic carbocycles. The lowest BCUT2D eigenvalue weighted by Gasteiger charge is -2.13. The Bertz CT molecular complexity index is 446. The number of nitrogens with one attached hydrogen (secondary N) is 1. The summed E-state index contributed by atoms with van der Waals surface area (Å²) in [6.45, 7) is 1.02. The Kier molecular flexibility index (Phi) is 3.73. The van der Waals surface area contributed by atoms with E-state index in [1.54, 1.807) is 0 Å². The van der Waals surface area contributed by atoms with Crippen LogP contribution in [0.4, 0.5) is 5.69 Å². The smallest absolute Gasteiger partial charge is 0.101 e. The molecule has 1 N–H and O–H groups in total. The summed E-state index contributed by atoms with van der Waals surface area (Å²) < 4.78 is 0. The summed E-state index contributed by atoms with van der Waals surface area (Å²) in [6, 6.07) is 10.1. The van der Waals surface area contributed by atoms with Crippen LogP contribution in [0, 0.1) is 0 Å². The molecule has 17 heavy (non-hydrogen) atoms. The van der Waals surface area contributed by atoms with Crippen molar-refractivity contribution in [3.8, 4) is 0 Å². The number of quaternary nitrogens is 1. The van der Waals surface area contributed by atoms with Gasteiger partial charge in [0.25, 0.3) is 0 Å². The van der Waals surface area contributed by atoms with E-state index in [0.29, 0.717) is 0 Å². The van der Waals surface area contributed by atoms with Crippen LogP contribution in [0.15, 0.2) is 59.4 Å². The van der Waals surface area contributed by atoms with Crippen LogP contribution in [0.3, 0.4) is 0 Å². The summed E-state index contributed by atoms with van der Waals surface area (Å²) in [7, 11) is 4.09. The first-order valence-electron chi connectivity index (χ1n) is 5.79. The highest BCUT2D eigenvalue weighted by atomic mass is 15.4. The van der Waals surface area contributed by atoms with Gasteiger partial charge in [0, 0.05) is 18.7 Å². The summed E-state index contributed by atoms with van der Waals surface area (Å²) in [6.07, 6.45) is 8.33. The predicted molar refractivity (Wildman–Crippen MR) is 72.3 cm³/mol. The van der Waals surface area contributed by atoms with E-state index in [4.69, 9.17) is 0 Å². The highest BCUT2D eigenvalue weighted by Crippen LogP contribution is 2.10. The molecule has 1 heterocycles. The van der Waals surface area contributed by atoms with Crippen molar-refractivity contribution < 1.29 is 4.90 Å². The van der Waals surface area contributed by atoms with E-state index in [1.807, 2.05) is 48.6 Å². The van der Waals surface area contributed by atoms with Crippen molar-refractivity contribution in [2.24, 2.45) is 5.10 Å². The molecule has 0 saturated heterocycles. The Morgan fingerprint density at radius 2 is 2.06 bits per heavy atom. The van der Waals surface area contributed by atoms with Gasteiger partial charge in [0.1, 0.15) is 6.54 Å². The molecule has 0 bridgehead atoms. The van der Waals surface area contributed by atoms with Crippen LogP contribution in [-0.2, 0) is 0 Å². The Labute approximate surface area is 102 Å². The van der Waals surface area contributed by atoms with Crippen LogP contribution in [0.1, 0.15) is 0 Å². The molecular formula is C14H18N3+. The second kappa shape index (κ2) is 5.46. The number of hydrazone groups is 1. The second-order valence-electron chi connectivity index (χ2n) is 4.19.